The molecule has 0 aliphatic heterocycles. The van der Waals surface area contributed by atoms with Crippen molar-refractivity contribution in [3.63, 3.8) is 0 Å². The molecule has 0 fully saturated rings. The SMILES string of the molecule is CCN(Cc1ccccc1)[C@@H](C)COC. The van der Waals surface area contributed by atoms with Crippen LogP contribution >= 0.6 is 0 Å². The summed E-state index contributed by atoms with van der Waals surface area (Å²) in [6, 6.07) is 11.0. The number of benzene rings is 1. The maximum atomic E-state index is 5.18. The number of hydrogen-bond acceptors (Lipinski definition) is 2. The van der Waals surface area contributed by atoms with Crippen molar-refractivity contribution in [2.45, 2.75) is 26.4 Å². The molecule has 0 radical (unpaired) electrons. The Morgan fingerprint density at radius 3 is 2.47 bits per heavy atom. The third-order valence-electron chi connectivity index (χ3n) is 2.67. The Balaban J connectivity index is 2.53. The molecule has 15 heavy (non-hydrogen) atoms. The first-order valence-corrected chi connectivity index (χ1v) is 5.54. The Bertz CT molecular complexity index is 260. The minimum atomic E-state index is 0.472. The summed E-state index contributed by atoms with van der Waals surface area (Å²) in [6.07, 6.45) is 0. The topological polar surface area (TPSA) is 12.5 Å². The summed E-state index contributed by atoms with van der Waals surface area (Å²) in [5.41, 5.74) is 1.36. The van der Waals surface area contributed by atoms with Crippen LogP contribution in [0.2, 0.25) is 0 Å². The van der Waals surface area contributed by atoms with E-state index in [9.17, 15) is 0 Å². The van der Waals surface area contributed by atoms with Gasteiger partial charge in [-0.2, -0.15) is 0 Å². The maximum absolute atomic E-state index is 5.18. The first-order valence-electron chi connectivity index (χ1n) is 5.54. The highest BCUT2D eigenvalue weighted by atomic mass is 16.5. The average molecular weight is 207 g/mol. The van der Waals surface area contributed by atoms with Crippen LogP contribution in [0.15, 0.2) is 30.3 Å². The van der Waals surface area contributed by atoms with Gasteiger partial charge >= 0.3 is 0 Å². The van der Waals surface area contributed by atoms with Gasteiger partial charge in [-0.3, -0.25) is 4.90 Å². The van der Waals surface area contributed by atoms with Crippen molar-refractivity contribution >= 4 is 0 Å². The van der Waals surface area contributed by atoms with Crippen LogP contribution < -0.4 is 0 Å². The minimum Gasteiger partial charge on any atom is -0.383 e. The number of hydrogen-bond donors (Lipinski definition) is 0. The summed E-state index contributed by atoms with van der Waals surface area (Å²) in [7, 11) is 1.76. The van der Waals surface area contributed by atoms with Gasteiger partial charge in [-0.25, -0.2) is 0 Å². The van der Waals surface area contributed by atoms with Crippen LogP contribution in [0.4, 0.5) is 0 Å². The fraction of sp³-hybridized carbons (Fsp3) is 0.538. The van der Waals surface area contributed by atoms with E-state index in [0.29, 0.717) is 6.04 Å². The second-order valence-electron chi connectivity index (χ2n) is 3.85. The zero-order valence-corrected chi connectivity index (χ0v) is 9.94. The molecule has 2 nitrogen and oxygen atoms in total. The van der Waals surface area contributed by atoms with Crippen LogP contribution in [-0.4, -0.2) is 31.2 Å². The van der Waals surface area contributed by atoms with Crippen LogP contribution in [0.3, 0.4) is 0 Å². The monoisotopic (exact) mass is 207 g/mol. The molecule has 0 aromatic heterocycles. The van der Waals surface area contributed by atoms with Crippen LogP contribution in [-0.2, 0) is 11.3 Å². The van der Waals surface area contributed by atoms with E-state index in [2.05, 4.69) is 49.1 Å². The van der Waals surface area contributed by atoms with E-state index in [4.69, 9.17) is 4.74 Å². The third kappa shape index (κ3) is 4.02. The van der Waals surface area contributed by atoms with Crippen molar-refractivity contribution in [1.29, 1.82) is 0 Å². The summed E-state index contributed by atoms with van der Waals surface area (Å²) in [5, 5.41) is 0. The second-order valence-corrected chi connectivity index (χ2v) is 3.85. The summed E-state index contributed by atoms with van der Waals surface area (Å²) in [6.45, 7) is 7.24. The Morgan fingerprint density at radius 1 is 1.27 bits per heavy atom. The molecule has 1 aromatic rings. The molecule has 1 aromatic carbocycles. The van der Waals surface area contributed by atoms with Crippen LogP contribution in [0, 0.1) is 0 Å². The van der Waals surface area contributed by atoms with Gasteiger partial charge in [0.25, 0.3) is 0 Å². The second kappa shape index (κ2) is 6.59. The quantitative estimate of drug-likeness (QED) is 0.711. The number of likely N-dealkylation sites (N-methyl/N-ethyl adjacent to an activating group) is 1. The van der Waals surface area contributed by atoms with Crippen molar-refractivity contribution < 1.29 is 4.74 Å². The molecule has 0 N–H and O–H groups in total. The van der Waals surface area contributed by atoms with Crippen LogP contribution in [0.25, 0.3) is 0 Å². The lowest BCUT2D eigenvalue weighted by atomic mass is 10.2. The average Bonchev–Trinajstić information content (AvgIpc) is 2.27. The summed E-state index contributed by atoms with van der Waals surface area (Å²) in [4.78, 5) is 2.42. The highest BCUT2D eigenvalue weighted by Gasteiger charge is 2.11. The molecule has 0 saturated carbocycles. The molecular weight excluding hydrogens is 186 g/mol. The first kappa shape index (κ1) is 12.2. The number of ether oxygens (including phenoxy) is 1. The molecule has 0 bridgehead atoms. The molecule has 0 spiro atoms. The summed E-state index contributed by atoms with van der Waals surface area (Å²) >= 11 is 0. The van der Waals surface area contributed by atoms with E-state index < -0.39 is 0 Å². The molecule has 84 valence electrons. The molecule has 1 rings (SSSR count). The van der Waals surface area contributed by atoms with E-state index in [1.54, 1.807) is 7.11 Å². The van der Waals surface area contributed by atoms with Crippen LogP contribution in [0.5, 0.6) is 0 Å². The zero-order chi connectivity index (χ0) is 11.1. The maximum Gasteiger partial charge on any atom is 0.0615 e. The number of methoxy groups -OCH3 is 1. The van der Waals surface area contributed by atoms with Crippen molar-refractivity contribution in [2.75, 3.05) is 20.3 Å². The first-order chi connectivity index (χ1) is 7.27. The van der Waals surface area contributed by atoms with Crippen molar-refractivity contribution in [3.8, 4) is 0 Å². The molecule has 0 amide bonds. The molecule has 0 unspecified atom stereocenters. The molecule has 0 aliphatic carbocycles. The smallest absolute Gasteiger partial charge is 0.0615 e. The molecular formula is C13H21NO. The highest BCUT2D eigenvalue weighted by molar-refractivity contribution is 5.14. The summed E-state index contributed by atoms with van der Waals surface area (Å²) in [5.74, 6) is 0. The Kier molecular flexibility index (Phi) is 5.37. The molecule has 0 aliphatic rings. The minimum absolute atomic E-state index is 0.472. The van der Waals surface area contributed by atoms with E-state index in [0.717, 1.165) is 19.7 Å². The Hall–Kier alpha value is -0.860. The van der Waals surface area contributed by atoms with E-state index in [-0.39, 0.29) is 0 Å². The lowest BCUT2D eigenvalue weighted by molar-refractivity contribution is 0.0982. The van der Waals surface area contributed by atoms with Gasteiger partial charge in [0.1, 0.15) is 0 Å². The lowest BCUT2D eigenvalue weighted by Crippen LogP contribution is -2.35. The van der Waals surface area contributed by atoms with Gasteiger partial charge in [-0.05, 0) is 19.0 Å². The number of rotatable bonds is 6. The highest BCUT2D eigenvalue weighted by Crippen LogP contribution is 2.07. The van der Waals surface area contributed by atoms with Gasteiger partial charge in [0.05, 0.1) is 6.61 Å². The molecule has 0 heterocycles. The molecule has 1 atom stereocenters. The van der Waals surface area contributed by atoms with Gasteiger partial charge in [-0.1, -0.05) is 37.3 Å². The normalized spacial score (nSPS) is 13.1. The van der Waals surface area contributed by atoms with Gasteiger partial charge in [-0.15, -0.1) is 0 Å². The fourth-order valence-corrected chi connectivity index (χ4v) is 1.74. The third-order valence-corrected chi connectivity index (χ3v) is 2.67. The largest absolute Gasteiger partial charge is 0.383 e. The number of nitrogens with zero attached hydrogens (tertiary/aromatic N) is 1. The van der Waals surface area contributed by atoms with E-state index in [1.807, 2.05) is 0 Å². The predicted molar refractivity (Wildman–Crippen MR) is 63.9 cm³/mol. The summed E-state index contributed by atoms with van der Waals surface area (Å²) < 4.78 is 5.18. The lowest BCUT2D eigenvalue weighted by Gasteiger charge is -2.27. The van der Waals surface area contributed by atoms with Crippen molar-refractivity contribution in [3.05, 3.63) is 35.9 Å². The van der Waals surface area contributed by atoms with Crippen molar-refractivity contribution in [2.24, 2.45) is 0 Å². The van der Waals surface area contributed by atoms with Gasteiger partial charge in [0, 0.05) is 19.7 Å². The van der Waals surface area contributed by atoms with Crippen molar-refractivity contribution in [1.82, 2.24) is 4.90 Å². The molecule has 2 heteroatoms. The zero-order valence-electron chi connectivity index (χ0n) is 9.94. The fourth-order valence-electron chi connectivity index (χ4n) is 1.74. The van der Waals surface area contributed by atoms with Gasteiger partial charge in [0.2, 0.25) is 0 Å². The predicted octanol–water partition coefficient (Wildman–Crippen LogP) is 2.54. The van der Waals surface area contributed by atoms with Crippen LogP contribution in [0.1, 0.15) is 19.4 Å². The van der Waals surface area contributed by atoms with Gasteiger partial charge < -0.3 is 4.74 Å². The Morgan fingerprint density at radius 2 is 1.93 bits per heavy atom. The van der Waals surface area contributed by atoms with Gasteiger partial charge in [0.15, 0.2) is 0 Å². The van der Waals surface area contributed by atoms with E-state index >= 15 is 0 Å². The molecule has 0 saturated heterocycles. The standard InChI is InChI=1S/C13H21NO/c1-4-14(12(2)11-15-3)10-13-8-6-5-7-9-13/h5-9,12H,4,10-11H2,1-3H3/t12-/m0/s1. The Labute approximate surface area is 92.9 Å². The van der Waals surface area contributed by atoms with E-state index in [1.165, 1.54) is 5.56 Å².